The van der Waals surface area contributed by atoms with Crippen molar-refractivity contribution in [2.24, 2.45) is 10.9 Å². The van der Waals surface area contributed by atoms with E-state index in [9.17, 15) is 13.2 Å². The summed E-state index contributed by atoms with van der Waals surface area (Å²) in [6.45, 7) is 0. The molecule has 0 spiro atoms. The van der Waals surface area contributed by atoms with Crippen LogP contribution in [0.1, 0.15) is 45.9 Å². The van der Waals surface area contributed by atoms with Gasteiger partial charge in [-0.3, -0.25) is 4.79 Å². The Labute approximate surface area is 118 Å². The number of carbonyl (C=O) groups excluding carboxylic acids is 1. The zero-order valence-corrected chi connectivity index (χ0v) is 12.0. The van der Waals surface area contributed by atoms with Gasteiger partial charge >= 0.3 is 0 Å². The number of nitrogens with two attached hydrogens (primary N) is 2. The molecule has 0 heterocycles. The highest BCUT2D eigenvalue weighted by atomic mass is 32.2. The maximum absolute atomic E-state index is 11.9. The van der Waals surface area contributed by atoms with Crippen LogP contribution in [0, 0.1) is 0 Å². The molecule has 1 atom stereocenters. The molecule has 0 radical (unpaired) electrons. The van der Waals surface area contributed by atoms with Gasteiger partial charge in [-0.05, 0) is 66.3 Å². The monoisotopic (exact) mass is 294 g/mol. The molecule has 0 saturated heterocycles. The highest BCUT2D eigenvalue weighted by molar-refractivity contribution is 7.90. The number of hydrogen-bond acceptors (Lipinski definition) is 3. The van der Waals surface area contributed by atoms with E-state index in [1.165, 1.54) is 0 Å². The first-order chi connectivity index (χ1) is 9.39. The van der Waals surface area contributed by atoms with Gasteiger partial charge in [-0.2, -0.15) is 0 Å². The molecule has 20 heavy (non-hydrogen) atoms. The zero-order valence-electron chi connectivity index (χ0n) is 11.2. The summed E-state index contributed by atoms with van der Waals surface area (Å²) < 4.78 is 23.7. The summed E-state index contributed by atoms with van der Waals surface area (Å²) in [4.78, 5) is 11.7. The van der Waals surface area contributed by atoms with Crippen LogP contribution < -0.4 is 10.9 Å². The summed E-state index contributed by atoms with van der Waals surface area (Å²) in [7, 11) is -4.03. The number of carbonyl (C=O) groups is 1. The maximum Gasteiger partial charge on any atom is 0.241 e. The molecule has 1 unspecified atom stereocenters. The Morgan fingerprint density at radius 2 is 1.55 bits per heavy atom. The van der Waals surface area contributed by atoms with Crippen molar-refractivity contribution in [1.29, 1.82) is 0 Å². The average molecular weight is 294 g/mol. The Morgan fingerprint density at radius 3 is 1.95 bits per heavy atom. The molecule has 1 aromatic rings. The number of fused-ring (bicyclic) bond motifs is 2. The lowest BCUT2D eigenvalue weighted by Crippen LogP contribution is -2.34. The van der Waals surface area contributed by atoms with E-state index in [2.05, 4.69) is 6.07 Å². The predicted molar refractivity (Wildman–Crippen MR) is 75.5 cm³/mol. The highest BCUT2D eigenvalue weighted by Gasteiger charge is 2.37. The quantitative estimate of drug-likeness (QED) is 0.847. The van der Waals surface area contributed by atoms with E-state index in [4.69, 9.17) is 10.9 Å². The fourth-order valence-corrected chi connectivity index (χ4v) is 4.58. The third kappa shape index (κ3) is 2.03. The Morgan fingerprint density at radius 1 is 1.05 bits per heavy atom. The fraction of sp³-hybridized carbons (Fsp3) is 0.500. The minimum absolute atomic E-state index is 0.600. The molecular weight excluding hydrogens is 276 g/mol. The van der Waals surface area contributed by atoms with Crippen molar-refractivity contribution in [2.45, 2.75) is 43.8 Å². The van der Waals surface area contributed by atoms with E-state index in [0.29, 0.717) is 5.56 Å². The van der Waals surface area contributed by atoms with Crippen molar-refractivity contribution in [3.05, 3.63) is 33.9 Å². The lowest BCUT2D eigenvalue weighted by molar-refractivity contribution is -0.117. The number of primary sulfonamides is 1. The summed E-state index contributed by atoms with van der Waals surface area (Å²) >= 11 is 0. The average Bonchev–Trinajstić information content (AvgIpc) is 2.93. The minimum Gasteiger partial charge on any atom is -0.368 e. The standard InChI is InChI=1S/C14H18N2O3S/c15-14(17)13(20(16,18)19)12-10-5-1-3-8(10)7-9-4-2-6-11(9)12/h7,13H,1-6H2,(H2,15,17)(H2,16,18,19). The van der Waals surface area contributed by atoms with Crippen LogP contribution in [0.5, 0.6) is 0 Å². The molecule has 0 fully saturated rings. The molecule has 3 rings (SSSR count). The number of hydrogen-bond donors (Lipinski definition) is 2. The molecule has 0 aliphatic heterocycles. The second-order valence-electron chi connectivity index (χ2n) is 5.64. The highest BCUT2D eigenvalue weighted by Crippen LogP contribution is 2.39. The lowest BCUT2D eigenvalue weighted by atomic mass is 9.92. The molecule has 1 aromatic carbocycles. The first kappa shape index (κ1) is 13.6. The van der Waals surface area contributed by atoms with Crippen LogP contribution in [0.4, 0.5) is 0 Å². The molecule has 108 valence electrons. The predicted octanol–water partition coefficient (Wildman–Crippen LogP) is 0.479. The van der Waals surface area contributed by atoms with Gasteiger partial charge in [0.2, 0.25) is 15.9 Å². The summed E-state index contributed by atoms with van der Waals surface area (Å²) in [6, 6.07) is 2.18. The number of aryl methyl sites for hydroxylation is 2. The van der Waals surface area contributed by atoms with Gasteiger partial charge in [-0.15, -0.1) is 0 Å². The molecule has 0 aromatic heterocycles. The van der Waals surface area contributed by atoms with E-state index < -0.39 is 21.2 Å². The normalized spacial score (nSPS) is 18.6. The summed E-state index contributed by atoms with van der Waals surface area (Å²) in [5.74, 6) is -0.873. The Bertz CT molecular complexity index is 663. The van der Waals surface area contributed by atoms with Gasteiger partial charge in [0.1, 0.15) is 0 Å². The molecule has 5 nitrogen and oxygen atoms in total. The van der Waals surface area contributed by atoms with Gasteiger partial charge in [-0.25, -0.2) is 13.6 Å². The molecule has 2 aliphatic rings. The summed E-state index contributed by atoms with van der Waals surface area (Å²) in [5, 5.41) is 3.87. The fourth-order valence-electron chi connectivity index (χ4n) is 3.65. The first-order valence-electron chi connectivity index (χ1n) is 6.87. The van der Waals surface area contributed by atoms with Crippen LogP contribution in [-0.4, -0.2) is 14.3 Å². The van der Waals surface area contributed by atoms with Crippen LogP contribution in [0.3, 0.4) is 0 Å². The van der Waals surface area contributed by atoms with E-state index in [-0.39, 0.29) is 0 Å². The lowest BCUT2D eigenvalue weighted by Gasteiger charge is -2.20. The van der Waals surface area contributed by atoms with Crippen LogP contribution in [0.2, 0.25) is 0 Å². The third-order valence-electron chi connectivity index (χ3n) is 4.37. The van der Waals surface area contributed by atoms with Crippen molar-refractivity contribution in [1.82, 2.24) is 0 Å². The van der Waals surface area contributed by atoms with Crippen molar-refractivity contribution in [3.8, 4) is 0 Å². The molecule has 6 heteroatoms. The van der Waals surface area contributed by atoms with Crippen LogP contribution >= 0.6 is 0 Å². The Hall–Kier alpha value is -1.40. The largest absolute Gasteiger partial charge is 0.368 e. The molecule has 1 amide bonds. The zero-order chi connectivity index (χ0) is 14.5. The molecule has 0 bridgehead atoms. The van der Waals surface area contributed by atoms with Gasteiger partial charge in [0.05, 0.1) is 0 Å². The molecule has 4 N–H and O–H groups in total. The molecule has 2 aliphatic carbocycles. The number of sulfonamides is 1. The van der Waals surface area contributed by atoms with Crippen LogP contribution in [0.25, 0.3) is 0 Å². The Kier molecular flexibility index (Phi) is 3.10. The van der Waals surface area contributed by atoms with Gasteiger partial charge in [0.25, 0.3) is 0 Å². The summed E-state index contributed by atoms with van der Waals surface area (Å²) in [6.07, 6.45) is 5.45. The minimum atomic E-state index is -4.03. The van der Waals surface area contributed by atoms with Gasteiger partial charge in [0, 0.05) is 0 Å². The maximum atomic E-state index is 11.9. The van der Waals surface area contributed by atoms with Gasteiger partial charge in [0.15, 0.2) is 5.25 Å². The second-order valence-corrected chi connectivity index (χ2v) is 7.29. The van der Waals surface area contributed by atoms with E-state index >= 15 is 0 Å². The van der Waals surface area contributed by atoms with E-state index in [1.807, 2.05) is 0 Å². The second kappa shape index (κ2) is 4.56. The Balaban J connectivity index is 2.30. The number of benzene rings is 1. The van der Waals surface area contributed by atoms with E-state index in [0.717, 1.165) is 60.8 Å². The SMILES string of the molecule is NC(=O)C(c1c2c(cc3c1CCC3)CCC2)S(N)(=O)=O. The number of rotatable bonds is 3. The van der Waals surface area contributed by atoms with Gasteiger partial charge in [-0.1, -0.05) is 6.07 Å². The third-order valence-corrected chi connectivity index (χ3v) is 5.49. The molecule has 0 saturated carbocycles. The van der Waals surface area contributed by atoms with Crippen molar-refractivity contribution in [3.63, 3.8) is 0 Å². The smallest absolute Gasteiger partial charge is 0.241 e. The van der Waals surface area contributed by atoms with Crippen molar-refractivity contribution in [2.75, 3.05) is 0 Å². The van der Waals surface area contributed by atoms with Crippen molar-refractivity contribution >= 4 is 15.9 Å². The first-order valence-corrected chi connectivity index (χ1v) is 8.48. The number of amides is 1. The topological polar surface area (TPSA) is 103 Å². The van der Waals surface area contributed by atoms with Crippen LogP contribution in [-0.2, 0) is 40.5 Å². The van der Waals surface area contributed by atoms with E-state index in [1.54, 1.807) is 0 Å². The summed E-state index contributed by atoms with van der Waals surface area (Å²) in [5.41, 5.74) is 10.2. The number of primary amides is 1. The van der Waals surface area contributed by atoms with Gasteiger partial charge < -0.3 is 5.73 Å². The van der Waals surface area contributed by atoms with Crippen LogP contribution in [0.15, 0.2) is 6.07 Å². The molecular formula is C14H18N2O3S. The van der Waals surface area contributed by atoms with Crippen molar-refractivity contribution < 1.29 is 13.2 Å².